The molecule has 0 N–H and O–H groups in total. The topological polar surface area (TPSA) is 71.9 Å². The third-order valence-electron chi connectivity index (χ3n) is 3.99. The quantitative estimate of drug-likeness (QED) is 0.867. The van der Waals surface area contributed by atoms with Crippen molar-refractivity contribution in [3.8, 4) is 17.5 Å². The summed E-state index contributed by atoms with van der Waals surface area (Å²) in [5.41, 5.74) is -0.312. The highest BCUT2D eigenvalue weighted by molar-refractivity contribution is 5.63. The Morgan fingerprint density at radius 1 is 1.38 bits per heavy atom. The second-order valence-corrected chi connectivity index (χ2v) is 5.10. The number of aromatic nitrogens is 2. The van der Waals surface area contributed by atoms with Crippen LogP contribution in [-0.2, 0) is 10.3 Å². The Balaban J connectivity index is 2.04. The van der Waals surface area contributed by atoms with Crippen LogP contribution in [0.4, 0.5) is 4.39 Å². The van der Waals surface area contributed by atoms with Gasteiger partial charge in [0.05, 0.1) is 5.56 Å². The first-order valence-electron chi connectivity index (χ1n) is 6.78. The molecule has 1 heterocycles. The molecule has 108 valence electrons. The number of hydrogen-bond acceptors (Lipinski definition) is 5. The molecule has 0 amide bonds. The van der Waals surface area contributed by atoms with Crippen LogP contribution in [0.2, 0.25) is 0 Å². The third kappa shape index (κ3) is 2.20. The van der Waals surface area contributed by atoms with Gasteiger partial charge >= 0.3 is 0 Å². The van der Waals surface area contributed by atoms with E-state index < -0.39 is 11.4 Å². The molecule has 2 aromatic rings. The summed E-state index contributed by atoms with van der Waals surface area (Å²) in [5, 5.41) is 13.1. The number of rotatable bonds is 3. The summed E-state index contributed by atoms with van der Waals surface area (Å²) in [6.45, 7) is 0. The highest BCUT2D eigenvalue weighted by Crippen LogP contribution is 2.40. The molecule has 1 aliphatic carbocycles. The predicted molar refractivity (Wildman–Crippen MR) is 71.6 cm³/mol. The van der Waals surface area contributed by atoms with Crippen molar-refractivity contribution in [1.82, 2.24) is 10.1 Å². The number of nitrogens with zero attached hydrogens (tertiary/aromatic N) is 3. The molecule has 0 radical (unpaired) electrons. The van der Waals surface area contributed by atoms with Crippen LogP contribution in [0, 0.1) is 17.1 Å². The summed E-state index contributed by atoms with van der Waals surface area (Å²) in [4.78, 5) is 4.33. The second kappa shape index (κ2) is 5.26. The largest absolute Gasteiger partial charge is 0.370 e. The maximum atomic E-state index is 13.6. The first-order chi connectivity index (χ1) is 10.2. The Morgan fingerprint density at radius 3 is 2.81 bits per heavy atom. The number of hydrogen-bond donors (Lipinski definition) is 0. The molecule has 0 unspecified atom stereocenters. The van der Waals surface area contributed by atoms with Crippen molar-refractivity contribution >= 4 is 0 Å². The summed E-state index contributed by atoms with van der Waals surface area (Å²) >= 11 is 0. The van der Waals surface area contributed by atoms with Gasteiger partial charge in [0.1, 0.15) is 23.1 Å². The maximum absolute atomic E-state index is 13.6. The van der Waals surface area contributed by atoms with Gasteiger partial charge in [-0.05, 0) is 37.8 Å². The molecule has 0 spiro atoms. The molecule has 0 bridgehead atoms. The molecule has 3 rings (SSSR count). The second-order valence-electron chi connectivity index (χ2n) is 5.10. The van der Waals surface area contributed by atoms with Crippen LogP contribution in [0.3, 0.4) is 0 Å². The first-order valence-corrected chi connectivity index (χ1v) is 6.78. The van der Waals surface area contributed by atoms with Crippen molar-refractivity contribution in [2.24, 2.45) is 0 Å². The van der Waals surface area contributed by atoms with Crippen LogP contribution < -0.4 is 0 Å². The fourth-order valence-corrected chi connectivity index (χ4v) is 2.80. The van der Waals surface area contributed by atoms with E-state index in [0.717, 1.165) is 25.7 Å². The number of methoxy groups -OCH3 is 1. The van der Waals surface area contributed by atoms with Gasteiger partial charge in [0.25, 0.3) is 5.89 Å². The van der Waals surface area contributed by atoms with Crippen molar-refractivity contribution in [3.05, 3.63) is 35.4 Å². The van der Waals surface area contributed by atoms with Gasteiger partial charge in [-0.2, -0.15) is 10.2 Å². The normalized spacial score (nSPS) is 16.8. The fourth-order valence-electron chi connectivity index (χ4n) is 2.80. The molecular formula is C15H14FN3O2. The van der Waals surface area contributed by atoms with Crippen molar-refractivity contribution < 1.29 is 13.7 Å². The summed E-state index contributed by atoms with van der Waals surface area (Å²) in [6, 6.07) is 6.16. The molecule has 1 aliphatic rings. The molecule has 21 heavy (non-hydrogen) atoms. The van der Waals surface area contributed by atoms with Gasteiger partial charge in [-0.25, -0.2) is 4.39 Å². The summed E-state index contributed by atoms with van der Waals surface area (Å²) in [5.74, 6) is 0.00657. The lowest BCUT2D eigenvalue weighted by Gasteiger charge is -2.22. The zero-order valence-corrected chi connectivity index (χ0v) is 11.6. The monoisotopic (exact) mass is 287 g/mol. The Bertz CT molecular complexity index is 699. The van der Waals surface area contributed by atoms with Crippen LogP contribution in [0.25, 0.3) is 11.5 Å². The standard InChI is InChI=1S/C15H14FN3O2/c1-20-15(7-2-3-8-15)14-18-13(21-19-14)10-5-4-6-12(16)11(10)9-17/h4-6H,2-3,7-8H2,1H3. The van der Waals surface area contributed by atoms with E-state index in [-0.39, 0.29) is 11.5 Å². The Hall–Kier alpha value is -2.26. The van der Waals surface area contributed by atoms with Crippen molar-refractivity contribution in [2.45, 2.75) is 31.3 Å². The van der Waals surface area contributed by atoms with Gasteiger partial charge in [0, 0.05) is 7.11 Å². The van der Waals surface area contributed by atoms with Crippen LogP contribution in [0.5, 0.6) is 0 Å². The molecule has 1 saturated carbocycles. The lowest BCUT2D eigenvalue weighted by Crippen LogP contribution is -2.25. The summed E-state index contributed by atoms with van der Waals surface area (Å²) in [6.07, 6.45) is 3.75. The van der Waals surface area contributed by atoms with Crippen LogP contribution in [0.15, 0.2) is 22.7 Å². The Morgan fingerprint density at radius 2 is 2.14 bits per heavy atom. The van der Waals surface area contributed by atoms with Crippen LogP contribution in [0.1, 0.15) is 37.1 Å². The van der Waals surface area contributed by atoms with Gasteiger partial charge in [-0.15, -0.1) is 0 Å². The molecule has 0 aliphatic heterocycles. The average molecular weight is 287 g/mol. The van der Waals surface area contributed by atoms with E-state index in [2.05, 4.69) is 10.1 Å². The highest BCUT2D eigenvalue weighted by atomic mass is 19.1. The highest BCUT2D eigenvalue weighted by Gasteiger charge is 2.40. The Kier molecular flexibility index (Phi) is 3.43. The molecule has 0 atom stereocenters. The zero-order chi connectivity index (χ0) is 14.9. The molecule has 5 nitrogen and oxygen atoms in total. The van der Waals surface area contributed by atoms with E-state index in [1.165, 1.54) is 12.1 Å². The van der Waals surface area contributed by atoms with E-state index in [4.69, 9.17) is 14.5 Å². The lowest BCUT2D eigenvalue weighted by atomic mass is 10.0. The van der Waals surface area contributed by atoms with Gasteiger partial charge < -0.3 is 9.26 Å². The first kappa shape index (κ1) is 13.7. The minimum atomic E-state index is -0.600. The van der Waals surface area contributed by atoms with Crippen LogP contribution in [-0.4, -0.2) is 17.3 Å². The maximum Gasteiger partial charge on any atom is 0.259 e. The number of halogens is 1. The van der Waals surface area contributed by atoms with Gasteiger partial charge in [0.15, 0.2) is 0 Å². The smallest absolute Gasteiger partial charge is 0.259 e. The lowest BCUT2D eigenvalue weighted by molar-refractivity contribution is -0.0178. The van der Waals surface area contributed by atoms with Gasteiger partial charge in [0.2, 0.25) is 5.82 Å². The molecule has 1 fully saturated rings. The van der Waals surface area contributed by atoms with E-state index in [9.17, 15) is 4.39 Å². The van der Waals surface area contributed by atoms with E-state index in [1.807, 2.05) is 6.07 Å². The van der Waals surface area contributed by atoms with E-state index in [0.29, 0.717) is 11.4 Å². The Labute approximate surface area is 121 Å². The minimum absolute atomic E-state index is 0.0920. The number of ether oxygens (including phenoxy) is 1. The SMILES string of the molecule is COC1(c2noc(-c3cccc(F)c3C#N)n2)CCCC1. The molecule has 6 heteroatoms. The van der Waals surface area contributed by atoms with E-state index in [1.54, 1.807) is 13.2 Å². The van der Waals surface area contributed by atoms with Crippen molar-refractivity contribution in [2.75, 3.05) is 7.11 Å². The van der Waals surface area contributed by atoms with E-state index >= 15 is 0 Å². The fraction of sp³-hybridized carbons (Fsp3) is 0.400. The third-order valence-corrected chi connectivity index (χ3v) is 3.99. The van der Waals surface area contributed by atoms with Crippen molar-refractivity contribution in [3.63, 3.8) is 0 Å². The number of nitriles is 1. The molecule has 1 aromatic carbocycles. The predicted octanol–water partition coefficient (Wildman–Crippen LogP) is 3.16. The molecular weight excluding hydrogens is 273 g/mol. The molecule has 0 saturated heterocycles. The number of benzene rings is 1. The summed E-state index contributed by atoms with van der Waals surface area (Å²) in [7, 11) is 1.63. The van der Waals surface area contributed by atoms with Crippen molar-refractivity contribution in [1.29, 1.82) is 5.26 Å². The zero-order valence-electron chi connectivity index (χ0n) is 11.6. The van der Waals surface area contributed by atoms with Gasteiger partial charge in [-0.1, -0.05) is 11.2 Å². The average Bonchev–Trinajstić information content (AvgIpc) is 3.16. The summed E-state index contributed by atoms with van der Waals surface area (Å²) < 4.78 is 24.5. The van der Waals surface area contributed by atoms with Gasteiger partial charge in [-0.3, -0.25) is 0 Å². The molecule has 1 aromatic heterocycles. The van der Waals surface area contributed by atoms with Crippen LogP contribution >= 0.6 is 0 Å². The minimum Gasteiger partial charge on any atom is -0.370 e.